The molecular weight excluding hydrogens is 767 g/mol. The van der Waals surface area contributed by atoms with Crippen LogP contribution < -0.4 is 5.32 Å². The van der Waals surface area contributed by atoms with Crippen molar-refractivity contribution >= 4 is 11.9 Å². The molecule has 0 heterocycles. The summed E-state index contributed by atoms with van der Waals surface area (Å²) in [6.07, 6.45) is 59.4. The largest absolute Gasteiger partial charge is 0.466 e. The predicted octanol–water partition coefficient (Wildman–Crippen LogP) is 17.1. The van der Waals surface area contributed by atoms with Gasteiger partial charge in [-0.3, -0.25) is 9.59 Å². The number of aliphatic hydroxyl groups is 2. The Labute approximate surface area is 387 Å². The molecule has 0 aromatic carbocycles. The van der Waals surface area contributed by atoms with E-state index in [0.29, 0.717) is 25.9 Å². The topological polar surface area (TPSA) is 95.9 Å². The minimum Gasteiger partial charge on any atom is -0.466 e. The molecule has 0 aliphatic carbocycles. The predicted molar refractivity (Wildman–Crippen MR) is 269 cm³/mol. The summed E-state index contributed by atoms with van der Waals surface area (Å²) in [5.41, 5.74) is 0. The van der Waals surface area contributed by atoms with Crippen LogP contribution >= 0.6 is 0 Å². The summed E-state index contributed by atoms with van der Waals surface area (Å²) in [6, 6.07) is -0.557. The summed E-state index contributed by atoms with van der Waals surface area (Å²) in [5, 5.41) is 23.3. The van der Waals surface area contributed by atoms with Gasteiger partial charge in [0.25, 0.3) is 0 Å². The highest BCUT2D eigenvalue weighted by Crippen LogP contribution is 2.18. The van der Waals surface area contributed by atoms with E-state index in [4.69, 9.17) is 4.74 Å². The Hall–Kier alpha value is -1.14. The van der Waals surface area contributed by atoms with E-state index in [1.54, 1.807) is 0 Å². The molecule has 6 nitrogen and oxygen atoms in total. The Morgan fingerprint density at radius 1 is 0.387 bits per heavy atom. The number of rotatable bonds is 53. The average Bonchev–Trinajstić information content (AvgIpc) is 3.27. The van der Waals surface area contributed by atoms with Gasteiger partial charge in [0.1, 0.15) is 0 Å². The lowest BCUT2D eigenvalue weighted by atomic mass is 10.0. The van der Waals surface area contributed by atoms with Crippen molar-refractivity contribution in [2.75, 3.05) is 13.2 Å². The van der Waals surface area contributed by atoms with Gasteiger partial charge in [-0.15, -0.1) is 0 Å². The number of ether oxygens (including phenoxy) is 1. The van der Waals surface area contributed by atoms with Crippen molar-refractivity contribution in [2.45, 2.75) is 334 Å². The van der Waals surface area contributed by atoms with Crippen LogP contribution in [0.15, 0.2) is 0 Å². The van der Waals surface area contributed by atoms with Gasteiger partial charge < -0.3 is 20.3 Å². The van der Waals surface area contributed by atoms with Gasteiger partial charge in [-0.1, -0.05) is 284 Å². The third-order valence-electron chi connectivity index (χ3n) is 13.4. The van der Waals surface area contributed by atoms with Gasteiger partial charge in [0, 0.05) is 12.8 Å². The van der Waals surface area contributed by atoms with E-state index in [2.05, 4.69) is 19.2 Å². The van der Waals surface area contributed by atoms with E-state index < -0.39 is 12.1 Å². The van der Waals surface area contributed by atoms with Crippen molar-refractivity contribution in [3.8, 4) is 0 Å². The molecule has 2 atom stereocenters. The molecule has 3 N–H and O–H groups in total. The van der Waals surface area contributed by atoms with Gasteiger partial charge in [0.15, 0.2) is 0 Å². The Morgan fingerprint density at radius 3 is 0.984 bits per heavy atom. The molecule has 0 spiro atoms. The maximum absolute atomic E-state index is 12.5. The second kappa shape index (κ2) is 52.5. The molecule has 0 bridgehead atoms. The summed E-state index contributed by atoms with van der Waals surface area (Å²) in [7, 11) is 0. The number of hydrogen-bond donors (Lipinski definition) is 3. The number of carbonyl (C=O) groups excluding carboxylic acids is 2. The minimum absolute atomic E-state index is 0.0166. The molecular formula is C56H111NO5. The lowest BCUT2D eigenvalue weighted by Crippen LogP contribution is -2.45. The van der Waals surface area contributed by atoms with Crippen molar-refractivity contribution in [2.24, 2.45) is 0 Å². The van der Waals surface area contributed by atoms with Crippen LogP contribution in [0.1, 0.15) is 322 Å². The Balaban J connectivity index is 3.45. The van der Waals surface area contributed by atoms with Crippen molar-refractivity contribution in [3.63, 3.8) is 0 Å². The first kappa shape index (κ1) is 60.9. The second-order valence-corrected chi connectivity index (χ2v) is 19.6. The number of amides is 1. The number of unbranched alkanes of at least 4 members (excludes halogenated alkanes) is 42. The molecule has 1 amide bonds. The van der Waals surface area contributed by atoms with Crippen LogP contribution in [-0.2, 0) is 14.3 Å². The monoisotopic (exact) mass is 878 g/mol. The lowest BCUT2D eigenvalue weighted by molar-refractivity contribution is -0.143. The minimum atomic E-state index is -0.678. The van der Waals surface area contributed by atoms with Crippen LogP contribution in [0, 0.1) is 0 Å². The third-order valence-corrected chi connectivity index (χ3v) is 13.4. The van der Waals surface area contributed by atoms with E-state index >= 15 is 0 Å². The fraction of sp³-hybridized carbons (Fsp3) is 0.964. The highest BCUT2D eigenvalue weighted by molar-refractivity contribution is 5.76. The average molecular weight is 879 g/mol. The van der Waals surface area contributed by atoms with Crippen molar-refractivity contribution < 1.29 is 24.5 Å². The van der Waals surface area contributed by atoms with Gasteiger partial charge >= 0.3 is 5.97 Å². The molecule has 62 heavy (non-hydrogen) atoms. The van der Waals surface area contributed by atoms with E-state index in [0.717, 1.165) is 57.8 Å². The number of aliphatic hydroxyl groups excluding tert-OH is 2. The molecule has 0 aliphatic rings. The van der Waals surface area contributed by atoms with Gasteiger partial charge in [-0.2, -0.15) is 0 Å². The van der Waals surface area contributed by atoms with Crippen LogP contribution in [0.25, 0.3) is 0 Å². The molecule has 0 saturated carbocycles. The first-order chi connectivity index (χ1) is 30.5. The number of hydrogen-bond acceptors (Lipinski definition) is 5. The zero-order chi connectivity index (χ0) is 45.1. The zero-order valence-electron chi connectivity index (χ0n) is 42.1. The van der Waals surface area contributed by atoms with Crippen molar-refractivity contribution in [1.29, 1.82) is 0 Å². The van der Waals surface area contributed by atoms with Gasteiger partial charge in [-0.05, 0) is 25.7 Å². The van der Waals surface area contributed by atoms with Crippen LogP contribution in [0.2, 0.25) is 0 Å². The van der Waals surface area contributed by atoms with Gasteiger partial charge in [0.2, 0.25) is 5.91 Å². The number of nitrogens with one attached hydrogen (secondary N) is 1. The number of esters is 1. The van der Waals surface area contributed by atoms with Gasteiger partial charge in [-0.25, -0.2) is 0 Å². The number of carbonyl (C=O) groups is 2. The Bertz CT molecular complexity index is 882. The molecule has 0 radical (unpaired) electrons. The smallest absolute Gasteiger partial charge is 0.305 e. The molecule has 0 aromatic heterocycles. The highest BCUT2D eigenvalue weighted by Gasteiger charge is 2.20. The highest BCUT2D eigenvalue weighted by atomic mass is 16.5. The SMILES string of the molecule is CCCCCCCCCCCCCCCCCCCCCCCCCC(O)C(CO)NC(=O)CCCCCCCCCCCCOC(=O)CCCCCCCCCCCCCC. The summed E-state index contributed by atoms with van der Waals surface area (Å²) in [5.74, 6) is -0.0699. The molecule has 2 unspecified atom stereocenters. The van der Waals surface area contributed by atoms with Crippen molar-refractivity contribution in [3.05, 3.63) is 0 Å². The van der Waals surface area contributed by atoms with E-state index in [9.17, 15) is 19.8 Å². The Morgan fingerprint density at radius 2 is 0.661 bits per heavy atom. The first-order valence-corrected chi connectivity index (χ1v) is 28.3. The fourth-order valence-electron chi connectivity index (χ4n) is 9.05. The van der Waals surface area contributed by atoms with Gasteiger partial charge in [0.05, 0.1) is 25.4 Å². The summed E-state index contributed by atoms with van der Waals surface area (Å²) >= 11 is 0. The lowest BCUT2D eigenvalue weighted by Gasteiger charge is -2.22. The van der Waals surface area contributed by atoms with Crippen LogP contribution in [-0.4, -0.2) is 47.4 Å². The summed E-state index contributed by atoms with van der Waals surface area (Å²) < 4.78 is 5.45. The fourth-order valence-corrected chi connectivity index (χ4v) is 9.05. The zero-order valence-corrected chi connectivity index (χ0v) is 42.1. The Kier molecular flexibility index (Phi) is 51.5. The first-order valence-electron chi connectivity index (χ1n) is 28.3. The van der Waals surface area contributed by atoms with Crippen LogP contribution in [0.4, 0.5) is 0 Å². The van der Waals surface area contributed by atoms with Crippen LogP contribution in [0.5, 0.6) is 0 Å². The summed E-state index contributed by atoms with van der Waals surface area (Å²) in [6.45, 7) is 4.93. The molecule has 0 aromatic rings. The normalized spacial score (nSPS) is 12.5. The maximum Gasteiger partial charge on any atom is 0.305 e. The molecule has 6 heteroatoms. The molecule has 0 fully saturated rings. The standard InChI is InChI=1S/C56H111NO5/c1-3-5-7-9-11-13-15-17-18-19-20-21-22-23-24-25-26-27-28-32-36-40-44-48-54(59)53(52-58)57-55(60)49-45-41-37-33-30-31-35-39-43-47-51-62-56(61)50-46-42-38-34-29-16-14-12-10-8-6-4-2/h53-54,58-59H,3-52H2,1-2H3,(H,57,60). The second-order valence-electron chi connectivity index (χ2n) is 19.6. The molecule has 0 aliphatic heterocycles. The van der Waals surface area contributed by atoms with E-state index in [-0.39, 0.29) is 18.5 Å². The molecule has 0 saturated heterocycles. The van der Waals surface area contributed by atoms with E-state index in [1.807, 2.05) is 0 Å². The molecule has 370 valence electrons. The summed E-state index contributed by atoms with van der Waals surface area (Å²) in [4.78, 5) is 24.5. The maximum atomic E-state index is 12.5. The quantitative estimate of drug-likeness (QED) is 0.0418. The van der Waals surface area contributed by atoms with Crippen molar-refractivity contribution in [1.82, 2.24) is 5.32 Å². The van der Waals surface area contributed by atoms with E-state index in [1.165, 1.54) is 231 Å². The van der Waals surface area contributed by atoms with Crippen LogP contribution in [0.3, 0.4) is 0 Å². The molecule has 0 rings (SSSR count). The third kappa shape index (κ3) is 48.3.